The molecular formula is C15H17ClN4O2. The number of rotatable bonds is 2. The van der Waals surface area contributed by atoms with Gasteiger partial charge in [-0.1, -0.05) is 11.6 Å². The lowest BCUT2D eigenvalue weighted by molar-refractivity contribution is 0.0299. The van der Waals surface area contributed by atoms with E-state index < -0.39 is 5.60 Å². The molecule has 1 aromatic carbocycles. The van der Waals surface area contributed by atoms with Crippen molar-refractivity contribution >= 4 is 28.5 Å². The quantitative estimate of drug-likeness (QED) is 0.679. The summed E-state index contributed by atoms with van der Waals surface area (Å²) in [6.07, 6.45) is 2.99. The number of H-pyrrole nitrogens is 1. The molecule has 0 radical (unpaired) electrons. The molecule has 2 aliphatic rings. The number of halogens is 1. The topological polar surface area (TPSA) is 90.0 Å². The third kappa shape index (κ3) is 1.98. The van der Waals surface area contributed by atoms with Crippen LogP contribution in [0.3, 0.4) is 0 Å². The van der Waals surface area contributed by atoms with E-state index in [9.17, 15) is 9.90 Å². The molecule has 116 valence electrons. The normalized spacial score (nSPS) is 32.8. The predicted molar refractivity (Wildman–Crippen MR) is 82.6 cm³/mol. The van der Waals surface area contributed by atoms with E-state index in [0.717, 1.165) is 16.5 Å². The van der Waals surface area contributed by atoms with Crippen molar-refractivity contribution in [3.8, 4) is 0 Å². The average molecular weight is 321 g/mol. The molecule has 2 aliphatic carbocycles. The summed E-state index contributed by atoms with van der Waals surface area (Å²) < 4.78 is 0. The Hall–Kier alpha value is -1.79. The van der Waals surface area contributed by atoms with Crippen molar-refractivity contribution in [2.45, 2.75) is 24.5 Å². The van der Waals surface area contributed by atoms with Crippen LogP contribution in [0.15, 0.2) is 18.3 Å². The second kappa shape index (κ2) is 4.60. The number of hydrogen-bond donors (Lipinski definition) is 4. The van der Waals surface area contributed by atoms with Gasteiger partial charge in [-0.2, -0.15) is 5.10 Å². The standard InChI is InChI=1S/C15H17ClN4O2/c1-17-14(21)19-13-8-4-15(22,5-9(8)13)11-2-7(16)3-12-10(11)6-18-20-12/h2-3,6,8-9,13,22H,4-5H2,1H3,(H,18,20)(H2,17,19,21)/t8-,9+,13?,15?. The Balaban J connectivity index is 1.60. The van der Waals surface area contributed by atoms with Gasteiger partial charge in [0.15, 0.2) is 0 Å². The number of hydrogen-bond acceptors (Lipinski definition) is 3. The highest BCUT2D eigenvalue weighted by molar-refractivity contribution is 6.31. The van der Waals surface area contributed by atoms with Crippen LogP contribution < -0.4 is 10.6 Å². The van der Waals surface area contributed by atoms with Gasteiger partial charge in [0.25, 0.3) is 0 Å². The van der Waals surface area contributed by atoms with Crippen molar-refractivity contribution in [2.24, 2.45) is 11.8 Å². The summed E-state index contributed by atoms with van der Waals surface area (Å²) in [6.45, 7) is 0. The van der Waals surface area contributed by atoms with Gasteiger partial charge in [-0.15, -0.1) is 0 Å². The van der Waals surface area contributed by atoms with Crippen LogP contribution in [0, 0.1) is 11.8 Å². The van der Waals surface area contributed by atoms with Gasteiger partial charge in [0, 0.05) is 23.5 Å². The molecule has 0 saturated heterocycles. The van der Waals surface area contributed by atoms with E-state index in [4.69, 9.17) is 11.6 Å². The maximum atomic E-state index is 11.4. The zero-order valence-corrected chi connectivity index (χ0v) is 12.8. The van der Waals surface area contributed by atoms with E-state index >= 15 is 0 Å². The first-order valence-electron chi connectivity index (χ1n) is 7.35. The minimum absolute atomic E-state index is 0.164. The minimum Gasteiger partial charge on any atom is -0.385 e. The molecule has 4 atom stereocenters. The van der Waals surface area contributed by atoms with Gasteiger partial charge in [0.05, 0.1) is 17.3 Å². The molecule has 1 aromatic heterocycles. The van der Waals surface area contributed by atoms with Gasteiger partial charge >= 0.3 is 6.03 Å². The Labute approximate surface area is 132 Å². The van der Waals surface area contributed by atoms with Crippen LogP contribution in [0.4, 0.5) is 4.79 Å². The highest BCUT2D eigenvalue weighted by atomic mass is 35.5. The first kappa shape index (κ1) is 13.8. The molecule has 0 aliphatic heterocycles. The summed E-state index contributed by atoms with van der Waals surface area (Å²) >= 11 is 6.16. The molecule has 2 aromatic rings. The number of nitrogens with one attached hydrogen (secondary N) is 3. The smallest absolute Gasteiger partial charge is 0.314 e. The van der Waals surface area contributed by atoms with E-state index in [1.165, 1.54) is 0 Å². The van der Waals surface area contributed by atoms with Gasteiger partial charge in [0.1, 0.15) is 0 Å². The van der Waals surface area contributed by atoms with Crippen LogP contribution in [0.2, 0.25) is 5.02 Å². The molecule has 0 bridgehead atoms. The van der Waals surface area contributed by atoms with Crippen LogP contribution in [0.1, 0.15) is 18.4 Å². The first-order chi connectivity index (χ1) is 10.5. The van der Waals surface area contributed by atoms with Crippen molar-refractivity contribution in [3.63, 3.8) is 0 Å². The van der Waals surface area contributed by atoms with Crippen molar-refractivity contribution in [2.75, 3.05) is 7.05 Å². The molecule has 1 heterocycles. The highest BCUT2D eigenvalue weighted by Gasteiger charge is 2.62. The second-order valence-electron chi connectivity index (χ2n) is 6.30. The van der Waals surface area contributed by atoms with Gasteiger partial charge < -0.3 is 15.7 Å². The highest BCUT2D eigenvalue weighted by Crippen LogP contribution is 2.60. The molecule has 2 amide bonds. The van der Waals surface area contributed by atoms with Gasteiger partial charge in [0.2, 0.25) is 0 Å². The molecule has 2 saturated carbocycles. The first-order valence-corrected chi connectivity index (χ1v) is 7.73. The van der Waals surface area contributed by atoms with Crippen molar-refractivity contribution in [1.82, 2.24) is 20.8 Å². The van der Waals surface area contributed by atoms with E-state index in [1.54, 1.807) is 13.2 Å². The predicted octanol–water partition coefficient (Wildman–Crippen LogP) is 1.74. The van der Waals surface area contributed by atoms with Gasteiger partial charge in [-0.3, -0.25) is 5.10 Å². The average Bonchev–Trinajstić information content (AvgIpc) is 2.86. The van der Waals surface area contributed by atoms with E-state index in [1.807, 2.05) is 12.1 Å². The van der Waals surface area contributed by atoms with E-state index in [-0.39, 0.29) is 12.1 Å². The van der Waals surface area contributed by atoms with Crippen LogP contribution in [0.25, 0.3) is 10.9 Å². The summed E-state index contributed by atoms with van der Waals surface area (Å²) in [5.41, 5.74) is 0.759. The van der Waals surface area contributed by atoms with Crippen LogP contribution >= 0.6 is 11.6 Å². The fourth-order valence-electron chi connectivity index (χ4n) is 3.92. The molecule has 22 heavy (non-hydrogen) atoms. The lowest BCUT2D eigenvalue weighted by Crippen LogP contribution is -2.38. The fraction of sp³-hybridized carbons (Fsp3) is 0.467. The molecule has 2 fully saturated rings. The Kier molecular flexibility index (Phi) is 2.90. The number of aliphatic hydroxyl groups is 1. The number of benzene rings is 1. The fourth-order valence-corrected chi connectivity index (χ4v) is 4.14. The third-order valence-corrected chi connectivity index (χ3v) is 5.25. The number of carbonyl (C=O) groups is 1. The molecule has 0 spiro atoms. The van der Waals surface area contributed by atoms with Crippen molar-refractivity contribution < 1.29 is 9.90 Å². The van der Waals surface area contributed by atoms with Gasteiger partial charge in [-0.05, 0) is 42.4 Å². The molecule has 2 unspecified atom stereocenters. The SMILES string of the molecule is CNC(=O)NC1[C@H]2CC(O)(c3cc(Cl)cc4[nH]ncc34)C[C@@H]12. The number of fused-ring (bicyclic) bond motifs is 2. The molecule has 4 rings (SSSR count). The molecule has 4 N–H and O–H groups in total. The Morgan fingerprint density at radius 2 is 2.18 bits per heavy atom. The Bertz CT molecular complexity index is 747. The number of urea groups is 1. The molecule has 7 heteroatoms. The van der Waals surface area contributed by atoms with Gasteiger partial charge in [-0.25, -0.2) is 4.79 Å². The molecular weight excluding hydrogens is 304 g/mol. The zero-order chi connectivity index (χ0) is 15.5. The number of aromatic amines is 1. The largest absolute Gasteiger partial charge is 0.385 e. The lowest BCUT2D eigenvalue weighted by atomic mass is 9.86. The van der Waals surface area contributed by atoms with E-state index in [0.29, 0.717) is 29.7 Å². The maximum Gasteiger partial charge on any atom is 0.314 e. The van der Waals surface area contributed by atoms with Crippen molar-refractivity contribution in [1.29, 1.82) is 0 Å². The number of carbonyl (C=O) groups excluding carboxylic acids is 1. The monoisotopic (exact) mass is 320 g/mol. The third-order valence-electron chi connectivity index (χ3n) is 5.03. The van der Waals surface area contributed by atoms with Crippen LogP contribution in [-0.4, -0.2) is 34.4 Å². The zero-order valence-electron chi connectivity index (χ0n) is 12.1. The number of nitrogens with zero attached hydrogens (tertiary/aromatic N) is 1. The summed E-state index contributed by atoms with van der Waals surface area (Å²) in [5, 5.41) is 25.0. The van der Waals surface area contributed by atoms with Crippen LogP contribution in [-0.2, 0) is 5.60 Å². The Morgan fingerprint density at radius 3 is 2.86 bits per heavy atom. The number of aromatic nitrogens is 2. The summed E-state index contributed by atoms with van der Waals surface area (Å²) in [7, 11) is 1.60. The molecule has 6 nitrogen and oxygen atoms in total. The Morgan fingerprint density at radius 1 is 1.45 bits per heavy atom. The van der Waals surface area contributed by atoms with Crippen molar-refractivity contribution in [3.05, 3.63) is 28.9 Å². The maximum absolute atomic E-state index is 11.4. The summed E-state index contributed by atoms with van der Waals surface area (Å²) in [5.74, 6) is 0.645. The lowest BCUT2D eigenvalue weighted by Gasteiger charge is -2.27. The van der Waals surface area contributed by atoms with E-state index in [2.05, 4.69) is 20.8 Å². The summed E-state index contributed by atoms with van der Waals surface area (Å²) in [6, 6.07) is 3.63. The van der Waals surface area contributed by atoms with Crippen LogP contribution in [0.5, 0.6) is 0 Å². The minimum atomic E-state index is -0.900. The number of amides is 2. The summed E-state index contributed by atoms with van der Waals surface area (Å²) in [4.78, 5) is 11.4. The second-order valence-corrected chi connectivity index (χ2v) is 6.74.